The first-order valence-electron chi connectivity index (χ1n) is 19.6. The lowest BCUT2D eigenvalue weighted by Gasteiger charge is -2.28. The van der Waals surface area contributed by atoms with Crippen molar-refractivity contribution >= 4 is 46.8 Å². The molecule has 3 aliphatic rings. The van der Waals surface area contributed by atoms with Crippen LogP contribution in [-0.4, -0.2) is 82.5 Å². The van der Waals surface area contributed by atoms with Gasteiger partial charge in [-0.15, -0.1) is 0 Å². The lowest BCUT2D eigenvalue weighted by atomic mass is 10.0. The lowest BCUT2D eigenvalue weighted by molar-refractivity contribution is -0.144. The Labute approximate surface area is 332 Å². The molecule has 296 valence electrons. The molecule has 57 heavy (non-hydrogen) atoms. The summed E-state index contributed by atoms with van der Waals surface area (Å²) >= 11 is 0. The van der Waals surface area contributed by atoms with Gasteiger partial charge in [0, 0.05) is 49.8 Å². The van der Waals surface area contributed by atoms with E-state index in [2.05, 4.69) is 33.0 Å². The predicted molar refractivity (Wildman–Crippen MR) is 215 cm³/mol. The normalized spacial score (nSPS) is 19.5. The molecule has 13 nitrogen and oxygen atoms in total. The quantitative estimate of drug-likeness (QED) is 0.130. The molecule has 0 bridgehead atoms. The number of likely N-dealkylation sites (tertiary alicyclic amines) is 2. The Morgan fingerprint density at radius 2 is 1.19 bits per heavy atom. The number of nitrogens with zero attached hydrogens (tertiary/aromatic N) is 3. The zero-order valence-corrected chi connectivity index (χ0v) is 31.7. The fourth-order valence-electron chi connectivity index (χ4n) is 7.94. The van der Waals surface area contributed by atoms with Gasteiger partial charge in [0.1, 0.15) is 24.2 Å². The molecule has 0 aromatic heterocycles. The molecule has 0 aliphatic carbocycles. The van der Waals surface area contributed by atoms with Gasteiger partial charge < -0.3 is 40.5 Å². The third kappa shape index (κ3) is 9.61. The van der Waals surface area contributed by atoms with Crippen molar-refractivity contribution in [2.75, 3.05) is 35.2 Å². The summed E-state index contributed by atoms with van der Waals surface area (Å²) in [6.45, 7) is 2.67. The molecule has 3 heterocycles. The number of hydrogen-bond donors (Lipinski definition) is 4. The maximum atomic E-state index is 13.6. The Bertz CT molecular complexity index is 2020. The van der Waals surface area contributed by atoms with Crippen LogP contribution in [0, 0.1) is 0 Å². The van der Waals surface area contributed by atoms with Crippen LogP contribution in [0.25, 0.3) is 0 Å². The van der Waals surface area contributed by atoms with E-state index in [0.29, 0.717) is 75.4 Å². The number of nitrogens with one attached hydrogen (secondary N) is 3. The fourth-order valence-corrected chi connectivity index (χ4v) is 7.94. The van der Waals surface area contributed by atoms with Crippen LogP contribution < -0.4 is 20.9 Å². The molecule has 3 saturated heterocycles. The van der Waals surface area contributed by atoms with Crippen LogP contribution in [0.2, 0.25) is 0 Å². The molecule has 3 fully saturated rings. The first-order valence-corrected chi connectivity index (χ1v) is 19.6. The summed E-state index contributed by atoms with van der Waals surface area (Å²) < 4.78 is 5.59. The molecule has 4 aromatic rings. The van der Waals surface area contributed by atoms with E-state index in [1.54, 1.807) is 35.2 Å². The van der Waals surface area contributed by atoms with Gasteiger partial charge >= 0.3 is 6.09 Å². The summed E-state index contributed by atoms with van der Waals surface area (Å²) in [6.07, 6.45) is 2.32. The zero-order valence-electron chi connectivity index (χ0n) is 31.7. The summed E-state index contributed by atoms with van der Waals surface area (Å²) in [5.74, 6) is -1.06. The van der Waals surface area contributed by atoms with E-state index in [0.717, 1.165) is 29.7 Å². The highest BCUT2D eigenvalue weighted by molar-refractivity contribution is 5.99. The highest BCUT2D eigenvalue weighted by atomic mass is 16.5. The fraction of sp³-hybridized carbons (Fsp3) is 0.341. The highest BCUT2D eigenvalue weighted by Gasteiger charge is 2.39. The Hall–Kier alpha value is -6.21. The molecule has 7 rings (SSSR count). The largest absolute Gasteiger partial charge is 0.465 e. The van der Waals surface area contributed by atoms with Crippen molar-refractivity contribution in [1.29, 1.82) is 0 Å². The number of carbonyl (C=O) groups excluding carboxylic acids is 4. The second-order valence-electron chi connectivity index (χ2n) is 14.7. The van der Waals surface area contributed by atoms with Crippen LogP contribution in [0.4, 0.5) is 21.9 Å². The molecule has 4 aromatic carbocycles. The van der Waals surface area contributed by atoms with E-state index in [4.69, 9.17) is 4.74 Å². The summed E-state index contributed by atoms with van der Waals surface area (Å²) in [4.78, 5) is 70.4. The summed E-state index contributed by atoms with van der Waals surface area (Å²) in [5.41, 5.74) is 4.85. The van der Waals surface area contributed by atoms with Gasteiger partial charge in [0.05, 0.1) is 0 Å². The van der Waals surface area contributed by atoms with Gasteiger partial charge in [-0.1, -0.05) is 72.8 Å². The Balaban J connectivity index is 0.966. The number of benzene rings is 4. The lowest BCUT2D eigenvalue weighted by Crippen LogP contribution is -2.48. The van der Waals surface area contributed by atoms with Crippen LogP contribution in [0.1, 0.15) is 61.3 Å². The number of amides is 5. The molecular weight excluding hydrogens is 725 g/mol. The predicted octanol–water partition coefficient (Wildman–Crippen LogP) is 5.94. The Kier molecular flexibility index (Phi) is 12.4. The van der Waals surface area contributed by atoms with Crippen LogP contribution in [0.5, 0.6) is 0 Å². The third-order valence-corrected chi connectivity index (χ3v) is 10.8. The van der Waals surface area contributed by atoms with Gasteiger partial charge in [0.2, 0.25) is 11.8 Å². The Morgan fingerprint density at radius 1 is 0.667 bits per heavy atom. The maximum absolute atomic E-state index is 13.6. The minimum atomic E-state index is -1.32. The molecule has 0 unspecified atom stereocenters. The van der Waals surface area contributed by atoms with Crippen molar-refractivity contribution < 1.29 is 33.8 Å². The molecule has 0 radical (unpaired) electrons. The van der Waals surface area contributed by atoms with Gasteiger partial charge in [0.15, 0.2) is 0 Å². The van der Waals surface area contributed by atoms with E-state index in [1.165, 1.54) is 4.90 Å². The van der Waals surface area contributed by atoms with E-state index in [9.17, 15) is 29.1 Å². The SMILES string of the molecule is O=C(O)N[C@@H](C(=O)N1CCC[C@H]1C(=O)Nc1ccc(CN(Cc2ccc(NC(=O)[C@@H]3CCCN3C(=O)[C@@H]3CCCO3)cc2)c2ccccc2)cc1)c1ccccc1. The topological polar surface area (TPSA) is 161 Å². The van der Waals surface area contributed by atoms with Crippen LogP contribution in [0.3, 0.4) is 0 Å². The van der Waals surface area contributed by atoms with Crippen LogP contribution in [-0.2, 0) is 37.0 Å². The smallest absolute Gasteiger partial charge is 0.405 e. The number of carbonyl (C=O) groups is 5. The average molecular weight is 773 g/mol. The van der Waals surface area contributed by atoms with E-state index in [1.807, 2.05) is 66.7 Å². The van der Waals surface area contributed by atoms with Crippen LogP contribution in [0.15, 0.2) is 109 Å². The van der Waals surface area contributed by atoms with Crippen molar-refractivity contribution in [3.63, 3.8) is 0 Å². The summed E-state index contributed by atoms with van der Waals surface area (Å²) in [7, 11) is 0. The van der Waals surface area contributed by atoms with Crippen molar-refractivity contribution in [2.45, 2.75) is 75.8 Å². The summed E-state index contributed by atoms with van der Waals surface area (Å²) in [6, 6.07) is 31.7. The van der Waals surface area contributed by atoms with Gasteiger partial charge in [-0.3, -0.25) is 19.2 Å². The number of anilines is 3. The summed E-state index contributed by atoms with van der Waals surface area (Å²) in [5, 5.41) is 17.7. The molecule has 4 atom stereocenters. The van der Waals surface area contributed by atoms with E-state index >= 15 is 0 Å². The van der Waals surface area contributed by atoms with Gasteiger partial charge in [-0.25, -0.2) is 4.79 Å². The van der Waals surface area contributed by atoms with Gasteiger partial charge in [-0.05, 0) is 91.6 Å². The van der Waals surface area contributed by atoms with Crippen molar-refractivity contribution in [1.82, 2.24) is 15.1 Å². The number of para-hydroxylation sites is 1. The number of hydrogen-bond acceptors (Lipinski definition) is 7. The highest BCUT2D eigenvalue weighted by Crippen LogP contribution is 2.27. The van der Waals surface area contributed by atoms with Gasteiger partial charge in [-0.2, -0.15) is 0 Å². The standard InChI is InChI=1S/C44H48N6O7/c51-40(36-14-7-25-49(36)42(53)38-16-9-27-57-38)45-33-21-17-30(18-22-33)28-48(35-12-5-2-6-13-35)29-31-19-23-34(24-20-31)46-41(52)37-15-8-26-50(37)43(54)39(47-44(55)56)32-10-3-1-4-11-32/h1-6,10-13,17-24,36-39,47H,7-9,14-16,25-29H2,(H,45,51)(H,46,52)(H,55,56)/t36-,37-,38-,39+/m0/s1. The van der Waals surface area contributed by atoms with Crippen molar-refractivity contribution in [3.05, 3.63) is 126 Å². The second-order valence-corrected chi connectivity index (χ2v) is 14.7. The van der Waals surface area contributed by atoms with Crippen LogP contribution >= 0.6 is 0 Å². The first-order chi connectivity index (χ1) is 27.7. The monoisotopic (exact) mass is 772 g/mol. The molecule has 13 heteroatoms. The average Bonchev–Trinajstić information content (AvgIpc) is 4.05. The maximum Gasteiger partial charge on any atom is 0.405 e. The molecule has 0 saturated carbocycles. The molecule has 0 spiro atoms. The molecule has 5 amide bonds. The molecule has 3 aliphatic heterocycles. The third-order valence-electron chi connectivity index (χ3n) is 10.8. The molecular formula is C44H48N6O7. The first kappa shape index (κ1) is 39.0. The molecule has 4 N–H and O–H groups in total. The minimum Gasteiger partial charge on any atom is -0.465 e. The second kappa shape index (κ2) is 18.2. The van der Waals surface area contributed by atoms with Gasteiger partial charge in [0.25, 0.3) is 11.8 Å². The van der Waals surface area contributed by atoms with Crippen molar-refractivity contribution in [2.24, 2.45) is 0 Å². The number of carboxylic acid groups (broad SMARTS) is 1. The van der Waals surface area contributed by atoms with E-state index < -0.39 is 36.2 Å². The zero-order chi connectivity index (χ0) is 39.7. The number of ether oxygens (including phenoxy) is 1. The number of rotatable bonds is 13. The van der Waals surface area contributed by atoms with E-state index in [-0.39, 0.29) is 17.7 Å². The minimum absolute atomic E-state index is 0.0869. The Morgan fingerprint density at radius 3 is 1.72 bits per heavy atom. The van der Waals surface area contributed by atoms with Crippen molar-refractivity contribution in [3.8, 4) is 0 Å².